The molecule has 2 aromatic heterocycles. The molecule has 0 amide bonds. The summed E-state index contributed by atoms with van der Waals surface area (Å²) in [5.74, 6) is 0. The Bertz CT molecular complexity index is 599. The number of aromatic nitrogens is 2. The summed E-state index contributed by atoms with van der Waals surface area (Å²) in [6.07, 6.45) is 1.74. The van der Waals surface area contributed by atoms with Crippen LogP contribution in [0.25, 0.3) is 21.8 Å². The summed E-state index contributed by atoms with van der Waals surface area (Å²) in [6.45, 7) is 2.08. The molecule has 74 valence electrons. The molecule has 0 fully saturated rings. The molecular formula is C12H9ClN2. The number of halogens is 1. The predicted molar refractivity (Wildman–Crippen MR) is 63.3 cm³/mol. The van der Waals surface area contributed by atoms with E-state index in [4.69, 9.17) is 11.6 Å². The maximum absolute atomic E-state index is 6.04. The summed E-state index contributed by atoms with van der Waals surface area (Å²) in [7, 11) is 0. The summed E-state index contributed by atoms with van der Waals surface area (Å²) in [4.78, 5) is 7.39. The van der Waals surface area contributed by atoms with E-state index < -0.39 is 0 Å². The highest BCUT2D eigenvalue weighted by atomic mass is 35.5. The first-order valence-corrected chi connectivity index (χ1v) is 5.16. The minimum absolute atomic E-state index is 0.531. The van der Waals surface area contributed by atoms with Crippen molar-refractivity contribution in [1.82, 2.24) is 9.97 Å². The zero-order valence-electron chi connectivity index (χ0n) is 8.21. The van der Waals surface area contributed by atoms with E-state index in [2.05, 4.69) is 35.1 Å². The molecule has 0 spiro atoms. The maximum Gasteiger partial charge on any atom is 0.153 e. The SMILES string of the molecule is Cc1cccc2c1[nH]c1c(Cl)nccc12. The third kappa shape index (κ3) is 1.15. The van der Waals surface area contributed by atoms with Crippen LogP contribution in [-0.2, 0) is 0 Å². The standard InChI is InChI=1S/C12H9ClN2/c1-7-3-2-4-8-9-5-6-14-12(13)11(9)15-10(7)8/h2-6,15H,1H3. The second kappa shape index (κ2) is 2.97. The second-order valence-electron chi connectivity index (χ2n) is 3.65. The summed E-state index contributed by atoms with van der Waals surface area (Å²) < 4.78 is 0. The van der Waals surface area contributed by atoms with E-state index in [-0.39, 0.29) is 0 Å². The van der Waals surface area contributed by atoms with Gasteiger partial charge >= 0.3 is 0 Å². The first kappa shape index (κ1) is 8.74. The molecule has 1 N–H and O–H groups in total. The van der Waals surface area contributed by atoms with Crippen LogP contribution in [0.1, 0.15) is 5.56 Å². The lowest BCUT2D eigenvalue weighted by atomic mass is 10.1. The van der Waals surface area contributed by atoms with E-state index >= 15 is 0 Å². The van der Waals surface area contributed by atoms with Crippen LogP contribution in [0, 0.1) is 6.92 Å². The van der Waals surface area contributed by atoms with Crippen molar-refractivity contribution >= 4 is 33.4 Å². The fourth-order valence-corrected chi connectivity index (χ4v) is 2.17. The van der Waals surface area contributed by atoms with Crippen molar-refractivity contribution in [1.29, 1.82) is 0 Å². The fourth-order valence-electron chi connectivity index (χ4n) is 1.96. The lowest BCUT2D eigenvalue weighted by Crippen LogP contribution is -1.75. The smallest absolute Gasteiger partial charge is 0.153 e. The fraction of sp³-hybridized carbons (Fsp3) is 0.0833. The van der Waals surface area contributed by atoms with Gasteiger partial charge in [0.15, 0.2) is 5.15 Å². The number of rotatable bonds is 0. The molecule has 0 saturated heterocycles. The lowest BCUT2D eigenvalue weighted by molar-refractivity contribution is 1.34. The summed E-state index contributed by atoms with van der Waals surface area (Å²) >= 11 is 6.04. The van der Waals surface area contributed by atoms with Crippen LogP contribution in [-0.4, -0.2) is 9.97 Å². The molecule has 2 heterocycles. The van der Waals surface area contributed by atoms with Crippen LogP contribution in [0.5, 0.6) is 0 Å². The molecule has 0 aliphatic heterocycles. The minimum Gasteiger partial charge on any atom is -0.352 e. The molecule has 0 aliphatic rings. The molecule has 0 aliphatic carbocycles. The van der Waals surface area contributed by atoms with Crippen molar-refractivity contribution in [2.24, 2.45) is 0 Å². The monoisotopic (exact) mass is 216 g/mol. The molecule has 2 nitrogen and oxygen atoms in total. The van der Waals surface area contributed by atoms with Crippen LogP contribution in [0.15, 0.2) is 30.5 Å². The zero-order valence-corrected chi connectivity index (χ0v) is 8.97. The Balaban J connectivity index is 2.63. The van der Waals surface area contributed by atoms with Gasteiger partial charge in [-0.05, 0) is 18.6 Å². The van der Waals surface area contributed by atoms with Crippen molar-refractivity contribution in [3.63, 3.8) is 0 Å². The number of fused-ring (bicyclic) bond motifs is 3. The van der Waals surface area contributed by atoms with Crippen molar-refractivity contribution in [3.8, 4) is 0 Å². The van der Waals surface area contributed by atoms with Gasteiger partial charge in [-0.1, -0.05) is 29.8 Å². The molecule has 15 heavy (non-hydrogen) atoms. The van der Waals surface area contributed by atoms with Gasteiger partial charge in [-0.25, -0.2) is 4.98 Å². The first-order chi connectivity index (χ1) is 7.27. The third-order valence-electron chi connectivity index (χ3n) is 2.72. The van der Waals surface area contributed by atoms with Crippen LogP contribution in [0.2, 0.25) is 5.15 Å². The van der Waals surface area contributed by atoms with Crippen molar-refractivity contribution < 1.29 is 0 Å². The predicted octanol–water partition coefficient (Wildman–Crippen LogP) is 3.68. The van der Waals surface area contributed by atoms with Gasteiger partial charge < -0.3 is 4.98 Å². The normalized spacial score (nSPS) is 11.3. The number of nitrogens with zero attached hydrogens (tertiary/aromatic N) is 1. The number of H-pyrrole nitrogens is 1. The number of aromatic amines is 1. The van der Waals surface area contributed by atoms with E-state index in [0.717, 1.165) is 16.4 Å². The Labute approximate surface area is 91.9 Å². The molecule has 0 saturated carbocycles. The number of para-hydroxylation sites is 1. The Kier molecular flexibility index (Phi) is 1.73. The van der Waals surface area contributed by atoms with Gasteiger partial charge in [0.1, 0.15) is 0 Å². The average molecular weight is 217 g/mol. The number of pyridine rings is 1. The topological polar surface area (TPSA) is 28.7 Å². The zero-order chi connectivity index (χ0) is 10.4. The van der Waals surface area contributed by atoms with Gasteiger partial charge in [-0.15, -0.1) is 0 Å². The van der Waals surface area contributed by atoms with Crippen LogP contribution < -0.4 is 0 Å². The molecule has 0 atom stereocenters. The van der Waals surface area contributed by atoms with E-state index in [1.807, 2.05) is 6.07 Å². The number of hydrogen-bond donors (Lipinski definition) is 1. The Morgan fingerprint density at radius 3 is 2.80 bits per heavy atom. The molecule has 0 unspecified atom stereocenters. The molecular weight excluding hydrogens is 208 g/mol. The van der Waals surface area contributed by atoms with Gasteiger partial charge in [-0.2, -0.15) is 0 Å². The van der Waals surface area contributed by atoms with E-state index in [9.17, 15) is 0 Å². The van der Waals surface area contributed by atoms with Crippen molar-refractivity contribution in [2.75, 3.05) is 0 Å². The Morgan fingerprint density at radius 2 is 1.93 bits per heavy atom. The molecule has 3 rings (SSSR count). The van der Waals surface area contributed by atoms with Crippen LogP contribution in [0.4, 0.5) is 0 Å². The molecule has 1 aromatic carbocycles. The molecule has 3 heteroatoms. The van der Waals surface area contributed by atoms with Gasteiger partial charge in [0.05, 0.1) is 5.52 Å². The third-order valence-corrected chi connectivity index (χ3v) is 3.00. The molecule has 3 aromatic rings. The number of aryl methyl sites for hydroxylation is 1. The van der Waals surface area contributed by atoms with Gasteiger partial charge in [0, 0.05) is 22.5 Å². The second-order valence-corrected chi connectivity index (χ2v) is 4.00. The molecule has 0 radical (unpaired) electrons. The van der Waals surface area contributed by atoms with Crippen LogP contribution >= 0.6 is 11.6 Å². The minimum atomic E-state index is 0.531. The van der Waals surface area contributed by atoms with Gasteiger partial charge in [0.2, 0.25) is 0 Å². The Morgan fingerprint density at radius 1 is 1.13 bits per heavy atom. The average Bonchev–Trinajstić information content (AvgIpc) is 2.60. The summed E-state index contributed by atoms with van der Waals surface area (Å²) in [5.41, 5.74) is 3.28. The highest BCUT2D eigenvalue weighted by Gasteiger charge is 2.08. The maximum atomic E-state index is 6.04. The number of nitrogens with one attached hydrogen (secondary N) is 1. The highest BCUT2D eigenvalue weighted by Crippen LogP contribution is 2.29. The van der Waals surface area contributed by atoms with E-state index in [0.29, 0.717) is 5.15 Å². The first-order valence-electron chi connectivity index (χ1n) is 4.79. The van der Waals surface area contributed by atoms with E-state index in [1.54, 1.807) is 6.20 Å². The quantitative estimate of drug-likeness (QED) is 0.571. The van der Waals surface area contributed by atoms with E-state index in [1.165, 1.54) is 10.9 Å². The lowest BCUT2D eigenvalue weighted by Gasteiger charge is -1.93. The summed E-state index contributed by atoms with van der Waals surface area (Å²) in [5, 5.41) is 2.87. The largest absolute Gasteiger partial charge is 0.352 e. The van der Waals surface area contributed by atoms with Crippen LogP contribution in [0.3, 0.4) is 0 Å². The number of hydrogen-bond acceptors (Lipinski definition) is 1. The highest BCUT2D eigenvalue weighted by molar-refractivity contribution is 6.35. The van der Waals surface area contributed by atoms with Gasteiger partial charge in [0.25, 0.3) is 0 Å². The van der Waals surface area contributed by atoms with Gasteiger partial charge in [-0.3, -0.25) is 0 Å². The number of benzene rings is 1. The Hall–Kier alpha value is -1.54. The van der Waals surface area contributed by atoms with Crippen molar-refractivity contribution in [3.05, 3.63) is 41.2 Å². The summed E-state index contributed by atoms with van der Waals surface area (Å²) in [6, 6.07) is 8.22. The van der Waals surface area contributed by atoms with Crippen molar-refractivity contribution in [2.45, 2.75) is 6.92 Å². The molecule has 0 bridgehead atoms.